The molecule has 3 heteroatoms. The Hall–Kier alpha value is -2.16. The van der Waals surface area contributed by atoms with Crippen LogP contribution in [-0.4, -0.2) is 16.4 Å². The Morgan fingerprint density at radius 1 is 1.10 bits per heavy atom. The van der Waals surface area contributed by atoms with Crippen molar-refractivity contribution in [1.29, 1.82) is 0 Å². The molecule has 0 spiro atoms. The van der Waals surface area contributed by atoms with Crippen molar-refractivity contribution in [2.75, 3.05) is 0 Å². The highest BCUT2D eigenvalue weighted by atomic mass is 16.1. The van der Waals surface area contributed by atoms with Crippen molar-refractivity contribution < 1.29 is 4.79 Å². The fourth-order valence-electron chi connectivity index (χ4n) is 3.19. The third kappa shape index (κ3) is 3.30. The van der Waals surface area contributed by atoms with Crippen molar-refractivity contribution in [3.05, 3.63) is 66.0 Å². The first-order chi connectivity index (χ1) is 10.3. The van der Waals surface area contributed by atoms with Crippen molar-refractivity contribution in [2.24, 2.45) is 0 Å². The number of rotatable bonds is 4. The minimum atomic E-state index is -0.103. The number of amides is 1. The molecule has 1 fully saturated rings. The van der Waals surface area contributed by atoms with E-state index in [4.69, 9.17) is 0 Å². The Morgan fingerprint density at radius 2 is 1.86 bits per heavy atom. The molecule has 0 radical (unpaired) electrons. The lowest BCUT2D eigenvalue weighted by molar-refractivity contribution is 0.0899. The number of carbonyl (C=O) groups is 1. The van der Waals surface area contributed by atoms with E-state index in [2.05, 4.69) is 34.6 Å². The van der Waals surface area contributed by atoms with Gasteiger partial charge in [-0.1, -0.05) is 43.2 Å². The van der Waals surface area contributed by atoms with Crippen molar-refractivity contribution in [2.45, 2.75) is 37.6 Å². The summed E-state index contributed by atoms with van der Waals surface area (Å²) in [6, 6.07) is 14.0. The van der Waals surface area contributed by atoms with Gasteiger partial charge in [-0.15, -0.1) is 0 Å². The first-order valence-corrected chi connectivity index (χ1v) is 7.54. The zero-order chi connectivity index (χ0) is 14.5. The van der Waals surface area contributed by atoms with Crippen LogP contribution >= 0.6 is 0 Å². The van der Waals surface area contributed by atoms with E-state index in [0.717, 1.165) is 19.3 Å². The lowest BCUT2D eigenvalue weighted by atomic mass is 9.88. The van der Waals surface area contributed by atoms with E-state index in [1.165, 1.54) is 18.4 Å². The molecular weight excluding hydrogens is 260 g/mol. The Morgan fingerprint density at radius 3 is 2.52 bits per heavy atom. The number of aromatic nitrogens is 1. The Bertz CT molecular complexity index is 589. The number of hydrogen-bond donors (Lipinski definition) is 1. The predicted molar refractivity (Wildman–Crippen MR) is 83.0 cm³/mol. The van der Waals surface area contributed by atoms with Crippen molar-refractivity contribution in [3.8, 4) is 0 Å². The summed E-state index contributed by atoms with van der Waals surface area (Å²) < 4.78 is 0. The predicted octanol–water partition coefficient (Wildman–Crippen LogP) is 3.37. The summed E-state index contributed by atoms with van der Waals surface area (Å²) in [6.45, 7) is 0. The van der Waals surface area contributed by atoms with Gasteiger partial charge < -0.3 is 5.32 Å². The molecule has 2 aromatic rings. The lowest BCUT2D eigenvalue weighted by Gasteiger charge is -2.30. The minimum absolute atomic E-state index is 0.0130. The number of nitrogens with zero attached hydrogens (tertiary/aromatic N) is 1. The van der Waals surface area contributed by atoms with Gasteiger partial charge in [-0.25, -0.2) is 0 Å². The second kappa shape index (κ2) is 6.08. The molecule has 0 atom stereocenters. The van der Waals surface area contributed by atoms with Crippen molar-refractivity contribution >= 4 is 5.91 Å². The van der Waals surface area contributed by atoms with Crippen LogP contribution in [0.15, 0.2) is 54.9 Å². The Kier molecular flexibility index (Phi) is 4.00. The van der Waals surface area contributed by atoms with Gasteiger partial charge in [-0.05, 0) is 37.0 Å². The molecule has 0 aliphatic heterocycles. The van der Waals surface area contributed by atoms with Crippen LogP contribution in [0, 0.1) is 0 Å². The zero-order valence-electron chi connectivity index (χ0n) is 12.1. The maximum atomic E-state index is 12.4. The maximum absolute atomic E-state index is 12.4. The summed E-state index contributed by atoms with van der Waals surface area (Å²) in [5, 5.41) is 3.28. The van der Waals surface area contributed by atoms with Crippen molar-refractivity contribution in [3.63, 3.8) is 0 Å². The Labute approximate surface area is 125 Å². The summed E-state index contributed by atoms with van der Waals surface area (Å²) in [5.74, 6) is -0.0130. The van der Waals surface area contributed by atoms with Crippen LogP contribution in [0.1, 0.15) is 41.6 Å². The SMILES string of the molecule is O=C(NC1(Cc2ccccc2)CCCC1)c1cccnc1. The highest BCUT2D eigenvalue weighted by Gasteiger charge is 2.35. The molecule has 3 nitrogen and oxygen atoms in total. The molecule has 1 aromatic heterocycles. The Balaban J connectivity index is 1.77. The fraction of sp³-hybridized carbons (Fsp3) is 0.333. The standard InChI is InChI=1S/C18H20N2O/c21-17(16-9-6-12-19-14-16)20-18(10-4-5-11-18)13-15-7-2-1-3-8-15/h1-3,6-9,12,14H,4-5,10-11,13H2,(H,20,21). The van der Waals surface area contributed by atoms with Gasteiger partial charge >= 0.3 is 0 Å². The zero-order valence-corrected chi connectivity index (χ0v) is 12.1. The van der Waals surface area contributed by atoms with Gasteiger partial charge in [0.2, 0.25) is 0 Å². The molecule has 1 N–H and O–H groups in total. The molecular formula is C18H20N2O. The molecule has 1 aliphatic rings. The summed E-state index contributed by atoms with van der Waals surface area (Å²) in [4.78, 5) is 16.5. The third-order valence-corrected chi connectivity index (χ3v) is 4.25. The fourth-order valence-corrected chi connectivity index (χ4v) is 3.19. The quantitative estimate of drug-likeness (QED) is 0.933. The second-order valence-electron chi connectivity index (χ2n) is 5.85. The highest BCUT2D eigenvalue weighted by Crippen LogP contribution is 2.33. The smallest absolute Gasteiger partial charge is 0.253 e. The number of benzene rings is 1. The van der Waals surface area contributed by atoms with E-state index in [1.54, 1.807) is 18.5 Å². The molecule has 1 aromatic carbocycles. The molecule has 3 rings (SSSR count). The van der Waals surface area contributed by atoms with Crippen molar-refractivity contribution in [1.82, 2.24) is 10.3 Å². The van der Waals surface area contributed by atoms with Gasteiger partial charge in [0.1, 0.15) is 0 Å². The van der Waals surface area contributed by atoms with Crippen LogP contribution < -0.4 is 5.32 Å². The average molecular weight is 280 g/mol. The van der Waals surface area contributed by atoms with Crippen LogP contribution in [0.3, 0.4) is 0 Å². The van der Waals surface area contributed by atoms with Gasteiger partial charge in [0.15, 0.2) is 0 Å². The summed E-state index contributed by atoms with van der Waals surface area (Å²) >= 11 is 0. The second-order valence-corrected chi connectivity index (χ2v) is 5.85. The topological polar surface area (TPSA) is 42.0 Å². The number of pyridine rings is 1. The molecule has 1 heterocycles. The molecule has 0 saturated heterocycles. The molecule has 21 heavy (non-hydrogen) atoms. The summed E-state index contributed by atoms with van der Waals surface area (Å²) in [5.41, 5.74) is 1.82. The van der Waals surface area contributed by atoms with E-state index >= 15 is 0 Å². The van der Waals surface area contributed by atoms with Gasteiger partial charge in [0.25, 0.3) is 5.91 Å². The molecule has 0 unspecified atom stereocenters. The number of nitrogens with one attached hydrogen (secondary N) is 1. The van der Waals surface area contributed by atoms with Crippen LogP contribution in [0.2, 0.25) is 0 Å². The van der Waals surface area contributed by atoms with Crippen LogP contribution in [0.4, 0.5) is 0 Å². The highest BCUT2D eigenvalue weighted by molar-refractivity contribution is 5.94. The van der Waals surface area contributed by atoms with Crippen LogP contribution in [0.5, 0.6) is 0 Å². The van der Waals surface area contributed by atoms with Crippen LogP contribution in [0.25, 0.3) is 0 Å². The van der Waals surface area contributed by atoms with Gasteiger partial charge in [0, 0.05) is 17.9 Å². The monoisotopic (exact) mass is 280 g/mol. The van der Waals surface area contributed by atoms with E-state index in [9.17, 15) is 4.79 Å². The minimum Gasteiger partial charge on any atom is -0.346 e. The molecule has 0 bridgehead atoms. The van der Waals surface area contributed by atoms with E-state index in [-0.39, 0.29) is 11.4 Å². The van der Waals surface area contributed by atoms with E-state index in [1.807, 2.05) is 12.1 Å². The molecule has 1 saturated carbocycles. The largest absolute Gasteiger partial charge is 0.346 e. The third-order valence-electron chi connectivity index (χ3n) is 4.25. The van der Waals surface area contributed by atoms with Gasteiger partial charge in [0.05, 0.1) is 5.56 Å². The normalized spacial score (nSPS) is 16.6. The molecule has 1 amide bonds. The first kappa shape index (κ1) is 13.8. The van der Waals surface area contributed by atoms with Gasteiger partial charge in [-0.2, -0.15) is 0 Å². The average Bonchev–Trinajstić information content (AvgIpc) is 2.97. The first-order valence-electron chi connectivity index (χ1n) is 7.54. The lowest BCUT2D eigenvalue weighted by Crippen LogP contribution is -2.48. The molecule has 1 aliphatic carbocycles. The summed E-state index contributed by atoms with van der Waals surface area (Å²) in [6.07, 6.45) is 8.68. The van der Waals surface area contributed by atoms with Gasteiger partial charge in [-0.3, -0.25) is 9.78 Å². The summed E-state index contributed by atoms with van der Waals surface area (Å²) in [7, 11) is 0. The van der Waals surface area contributed by atoms with E-state index in [0.29, 0.717) is 5.56 Å². The van der Waals surface area contributed by atoms with Crippen LogP contribution in [-0.2, 0) is 6.42 Å². The van der Waals surface area contributed by atoms with E-state index < -0.39 is 0 Å². The number of carbonyl (C=O) groups excluding carboxylic acids is 1. The maximum Gasteiger partial charge on any atom is 0.253 e. The molecule has 108 valence electrons. The number of hydrogen-bond acceptors (Lipinski definition) is 2.